The van der Waals surface area contributed by atoms with E-state index in [2.05, 4.69) is 19.9 Å². The number of nitrogens with one attached hydrogen (secondary N) is 1. The van der Waals surface area contributed by atoms with E-state index in [-0.39, 0.29) is 17.8 Å². The Bertz CT molecular complexity index is 1240. The molecule has 7 nitrogen and oxygen atoms in total. The minimum Gasteiger partial charge on any atom is -0.343 e. The smallest absolute Gasteiger partial charge is 0.254 e. The maximum absolute atomic E-state index is 13.5. The number of pyridine rings is 1. The third-order valence-electron chi connectivity index (χ3n) is 5.59. The fraction of sp³-hybridized carbons (Fsp3) is 0.208. The van der Waals surface area contributed by atoms with Crippen LogP contribution in [0.15, 0.2) is 67.4 Å². The van der Waals surface area contributed by atoms with E-state index in [1.54, 1.807) is 49.2 Å². The van der Waals surface area contributed by atoms with Crippen molar-refractivity contribution >= 4 is 5.91 Å². The van der Waals surface area contributed by atoms with E-state index >= 15 is 0 Å². The van der Waals surface area contributed by atoms with Crippen LogP contribution in [0.1, 0.15) is 46.2 Å². The first kappa shape index (κ1) is 20.0. The molecule has 3 aromatic heterocycles. The highest BCUT2D eigenvalue weighted by atomic mass is 19.1. The zero-order chi connectivity index (χ0) is 21.9. The number of benzene rings is 1. The summed E-state index contributed by atoms with van der Waals surface area (Å²) in [5.74, 6) is 0.291. The van der Waals surface area contributed by atoms with Crippen molar-refractivity contribution in [1.82, 2.24) is 29.8 Å². The number of hydrogen-bond acceptors (Lipinski definition) is 5. The van der Waals surface area contributed by atoms with Crippen molar-refractivity contribution in [2.45, 2.75) is 25.3 Å². The van der Waals surface area contributed by atoms with E-state index in [0.717, 1.165) is 29.8 Å². The molecule has 1 aliphatic rings. The summed E-state index contributed by atoms with van der Waals surface area (Å²) in [7, 11) is 0. The van der Waals surface area contributed by atoms with Gasteiger partial charge in [0, 0.05) is 42.8 Å². The molecule has 0 bridgehead atoms. The number of amides is 1. The van der Waals surface area contributed by atoms with Crippen LogP contribution >= 0.6 is 0 Å². The second kappa shape index (κ2) is 8.66. The Morgan fingerprint density at radius 1 is 1.16 bits per heavy atom. The van der Waals surface area contributed by atoms with Gasteiger partial charge in [0.15, 0.2) is 5.82 Å². The monoisotopic (exact) mass is 428 g/mol. The lowest BCUT2D eigenvalue weighted by molar-refractivity contribution is 0.0732. The number of carbonyl (C=O) groups is 1. The van der Waals surface area contributed by atoms with Crippen LogP contribution in [0, 0.1) is 5.82 Å². The molecule has 0 radical (unpaired) electrons. The molecule has 160 valence electrons. The van der Waals surface area contributed by atoms with Gasteiger partial charge in [0.1, 0.15) is 11.5 Å². The third kappa shape index (κ3) is 4.12. The largest absolute Gasteiger partial charge is 0.343 e. The fourth-order valence-corrected chi connectivity index (χ4v) is 4.11. The van der Waals surface area contributed by atoms with Gasteiger partial charge in [0.25, 0.3) is 5.91 Å². The Balaban J connectivity index is 1.38. The molecule has 1 aromatic carbocycles. The maximum Gasteiger partial charge on any atom is 0.254 e. The van der Waals surface area contributed by atoms with Gasteiger partial charge in [-0.25, -0.2) is 14.4 Å². The summed E-state index contributed by atoms with van der Waals surface area (Å²) in [4.78, 5) is 35.9. The average molecular weight is 428 g/mol. The number of H-pyrrole nitrogens is 1. The molecule has 4 heterocycles. The minimum atomic E-state index is -0.285. The molecule has 4 aromatic rings. The molecule has 5 rings (SSSR count). The Kier molecular flexibility index (Phi) is 5.41. The highest BCUT2D eigenvalue weighted by Gasteiger charge is 2.32. The van der Waals surface area contributed by atoms with Crippen LogP contribution < -0.4 is 0 Å². The van der Waals surface area contributed by atoms with Crippen LogP contribution in [-0.4, -0.2) is 42.3 Å². The first-order chi connectivity index (χ1) is 15.7. The molecule has 0 aliphatic carbocycles. The van der Waals surface area contributed by atoms with Crippen molar-refractivity contribution in [1.29, 1.82) is 0 Å². The number of carbonyl (C=O) groups excluding carboxylic acids is 1. The van der Waals surface area contributed by atoms with Crippen LogP contribution in [0.4, 0.5) is 4.39 Å². The van der Waals surface area contributed by atoms with Gasteiger partial charge < -0.3 is 9.88 Å². The zero-order valence-electron chi connectivity index (χ0n) is 17.3. The Morgan fingerprint density at radius 3 is 2.94 bits per heavy atom. The van der Waals surface area contributed by atoms with Crippen LogP contribution in [0.5, 0.6) is 0 Å². The highest BCUT2D eigenvalue weighted by molar-refractivity contribution is 5.94. The molecule has 1 aliphatic heterocycles. The molecule has 8 heteroatoms. The Labute approximate surface area is 184 Å². The maximum atomic E-state index is 13.5. The summed E-state index contributed by atoms with van der Waals surface area (Å²) < 4.78 is 13.5. The van der Waals surface area contributed by atoms with Crippen LogP contribution in [0.2, 0.25) is 0 Å². The predicted octanol–water partition coefficient (Wildman–Crippen LogP) is 3.97. The molecule has 32 heavy (non-hydrogen) atoms. The standard InChI is InChI=1S/C24H21FN6O/c25-18-4-1-3-16(11-18)12-19-13-17(6-7-27-19)24(32)31-10-2-5-22(31)20-14-26-15-21(30-20)23-28-8-9-29-23/h1,3-4,6-9,11,13-15,22H,2,5,10,12H2,(H,28,29)/t22-/m0/s1. The van der Waals surface area contributed by atoms with Gasteiger partial charge in [-0.3, -0.25) is 14.8 Å². The van der Waals surface area contributed by atoms with Crippen LogP contribution in [0.25, 0.3) is 11.5 Å². The number of nitrogens with zero attached hydrogens (tertiary/aromatic N) is 5. The first-order valence-corrected chi connectivity index (χ1v) is 10.5. The second-order valence-corrected chi connectivity index (χ2v) is 7.77. The highest BCUT2D eigenvalue weighted by Crippen LogP contribution is 2.32. The summed E-state index contributed by atoms with van der Waals surface area (Å²) in [6.07, 6.45) is 10.6. The van der Waals surface area contributed by atoms with E-state index < -0.39 is 0 Å². The van der Waals surface area contributed by atoms with Gasteiger partial charge in [-0.2, -0.15) is 0 Å². The second-order valence-electron chi connectivity index (χ2n) is 7.77. The Hall–Kier alpha value is -3.94. The number of likely N-dealkylation sites (tertiary alicyclic amines) is 1. The molecule has 1 N–H and O–H groups in total. The van der Waals surface area contributed by atoms with E-state index in [4.69, 9.17) is 4.98 Å². The molecular formula is C24H21FN6O. The van der Waals surface area contributed by atoms with Crippen LogP contribution in [-0.2, 0) is 6.42 Å². The summed E-state index contributed by atoms with van der Waals surface area (Å²) in [5, 5.41) is 0. The molecule has 1 saturated heterocycles. The van der Waals surface area contributed by atoms with E-state index in [0.29, 0.717) is 30.0 Å². The average Bonchev–Trinajstić information content (AvgIpc) is 3.51. The number of halogens is 1. The summed E-state index contributed by atoms with van der Waals surface area (Å²) in [5.41, 5.74) is 3.49. The lowest BCUT2D eigenvalue weighted by atomic mass is 10.1. The van der Waals surface area contributed by atoms with Gasteiger partial charge in [-0.15, -0.1) is 0 Å². The topological polar surface area (TPSA) is 87.7 Å². The minimum absolute atomic E-state index is 0.0689. The van der Waals surface area contributed by atoms with E-state index in [1.165, 1.54) is 12.1 Å². The zero-order valence-corrected chi connectivity index (χ0v) is 17.3. The molecule has 0 unspecified atom stereocenters. The van der Waals surface area contributed by atoms with E-state index in [1.807, 2.05) is 11.0 Å². The number of aromatic nitrogens is 5. The lowest BCUT2D eigenvalue weighted by Crippen LogP contribution is -2.31. The fourth-order valence-electron chi connectivity index (χ4n) is 4.11. The lowest BCUT2D eigenvalue weighted by Gasteiger charge is -2.24. The van der Waals surface area contributed by atoms with Gasteiger partial charge in [-0.05, 0) is 42.7 Å². The van der Waals surface area contributed by atoms with Crippen molar-refractivity contribution in [3.05, 3.63) is 95.7 Å². The quantitative estimate of drug-likeness (QED) is 0.520. The number of rotatable bonds is 5. The van der Waals surface area contributed by atoms with Crippen molar-refractivity contribution in [2.24, 2.45) is 0 Å². The SMILES string of the molecule is O=C(c1ccnc(Cc2cccc(F)c2)c1)N1CCC[C@H]1c1cncc(-c2ncc[nH]2)n1. The summed E-state index contributed by atoms with van der Waals surface area (Å²) in [6.45, 7) is 0.651. The first-order valence-electron chi connectivity index (χ1n) is 10.5. The van der Waals surface area contributed by atoms with Crippen molar-refractivity contribution in [2.75, 3.05) is 6.54 Å². The number of imidazole rings is 1. The molecule has 1 amide bonds. The van der Waals surface area contributed by atoms with Crippen molar-refractivity contribution < 1.29 is 9.18 Å². The molecule has 1 atom stereocenters. The normalized spacial score (nSPS) is 15.8. The van der Waals surface area contributed by atoms with E-state index in [9.17, 15) is 9.18 Å². The van der Waals surface area contributed by atoms with Gasteiger partial charge in [-0.1, -0.05) is 12.1 Å². The molecule has 0 spiro atoms. The summed E-state index contributed by atoms with van der Waals surface area (Å²) >= 11 is 0. The van der Waals surface area contributed by atoms with Gasteiger partial charge in [0.2, 0.25) is 0 Å². The molecular weight excluding hydrogens is 407 g/mol. The van der Waals surface area contributed by atoms with Gasteiger partial charge in [0.05, 0.1) is 24.1 Å². The number of aromatic amines is 1. The number of hydrogen-bond donors (Lipinski definition) is 1. The van der Waals surface area contributed by atoms with Crippen molar-refractivity contribution in [3.8, 4) is 11.5 Å². The van der Waals surface area contributed by atoms with Gasteiger partial charge >= 0.3 is 0 Å². The summed E-state index contributed by atoms with van der Waals surface area (Å²) in [6, 6.07) is 9.77. The molecule has 0 saturated carbocycles. The predicted molar refractivity (Wildman–Crippen MR) is 116 cm³/mol. The Morgan fingerprint density at radius 2 is 2.09 bits per heavy atom. The van der Waals surface area contributed by atoms with Crippen molar-refractivity contribution in [3.63, 3.8) is 0 Å². The van der Waals surface area contributed by atoms with Crippen LogP contribution in [0.3, 0.4) is 0 Å². The molecule has 1 fully saturated rings. The third-order valence-corrected chi connectivity index (χ3v) is 5.59.